The van der Waals surface area contributed by atoms with Crippen LogP contribution in [0, 0.1) is 0 Å². The Hall–Kier alpha value is -0.870. The minimum Gasteiger partial charge on any atom is -0.327 e. The van der Waals surface area contributed by atoms with Crippen LogP contribution in [0.1, 0.15) is 18.9 Å². The number of hydrogen-bond acceptors (Lipinski definition) is 2. The molecule has 1 aliphatic rings. The molecule has 4 heteroatoms. The molecular weight excluding hydrogens is 266 g/mol. The van der Waals surface area contributed by atoms with E-state index in [1.54, 1.807) is 0 Å². The van der Waals surface area contributed by atoms with Crippen molar-refractivity contribution in [1.29, 1.82) is 0 Å². The lowest BCUT2D eigenvalue weighted by atomic mass is 10.1. The topological polar surface area (TPSA) is 29.9 Å². The van der Waals surface area contributed by atoms with Crippen molar-refractivity contribution >= 4 is 27.0 Å². The van der Waals surface area contributed by atoms with Gasteiger partial charge >= 0.3 is 0 Å². The van der Waals surface area contributed by atoms with Crippen molar-refractivity contribution in [2.24, 2.45) is 0 Å². The summed E-state index contributed by atoms with van der Waals surface area (Å²) in [6.45, 7) is 2.22. The van der Waals surface area contributed by atoms with Crippen LogP contribution < -0.4 is 5.32 Å². The molecule has 1 saturated heterocycles. The molecule has 3 rings (SSSR count). The van der Waals surface area contributed by atoms with E-state index in [0.717, 1.165) is 23.1 Å². The molecule has 1 fully saturated rings. The second-order valence-corrected chi connectivity index (χ2v) is 5.18. The number of benzene rings is 1. The van der Waals surface area contributed by atoms with Gasteiger partial charge in [-0.15, -0.1) is 0 Å². The Morgan fingerprint density at radius 2 is 2.12 bits per heavy atom. The first-order valence-corrected chi connectivity index (χ1v) is 6.47. The molecule has 0 atom stereocenters. The van der Waals surface area contributed by atoms with Gasteiger partial charge in [0.15, 0.2) is 0 Å². The average Bonchev–Trinajstić information content (AvgIpc) is 2.73. The number of halogens is 1. The molecule has 1 aliphatic heterocycles. The summed E-state index contributed by atoms with van der Waals surface area (Å²) in [6, 6.07) is 6.87. The third-order valence-corrected chi connectivity index (χ3v) is 3.73. The van der Waals surface area contributed by atoms with E-state index < -0.39 is 0 Å². The molecule has 0 unspecified atom stereocenters. The first-order valence-electron chi connectivity index (χ1n) is 5.67. The highest BCUT2D eigenvalue weighted by Gasteiger charge is 2.16. The summed E-state index contributed by atoms with van der Waals surface area (Å²) in [6.07, 6.45) is 4.36. The SMILES string of the molecule is Brc1ccc2ncn(C3CCNCC3)c2c1. The maximum Gasteiger partial charge on any atom is 0.0960 e. The summed E-state index contributed by atoms with van der Waals surface area (Å²) < 4.78 is 3.44. The Bertz CT molecular complexity index is 500. The number of nitrogens with zero attached hydrogens (tertiary/aromatic N) is 2. The Balaban J connectivity index is 2.05. The van der Waals surface area contributed by atoms with Gasteiger partial charge in [-0.2, -0.15) is 0 Å². The molecule has 0 bridgehead atoms. The summed E-state index contributed by atoms with van der Waals surface area (Å²) in [7, 11) is 0. The third-order valence-electron chi connectivity index (χ3n) is 3.24. The van der Waals surface area contributed by atoms with Gasteiger partial charge in [-0.05, 0) is 44.1 Å². The van der Waals surface area contributed by atoms with Crippen molar-refractivity contribution in [2.45, 2.75) is 18.9 Å². The Morgan fingerprint density at radius 3 is 2.94 bits per heavy atom. The molecule has 2 heterocycles. The summed E-state index contributed by atoms with van der Waals surface area (Å²) in [5.41, 5.74) is 2.32. The zero-order chi connectivity index (χ0) is 11.0. The fraction of sp³-hybridized carbons (Fsp3) is 0.417. The summed E-state index contributed by atoms with van der Waals surface area (Å²) in [5.74, 6) is 0. The quantitative estimate of drug-likeness (QED) is 0.870. The van der Waals surface area contributed by atoms with E-state index in [0.29, 0.717) is 6.04 Å². The molecule has 0 radical (unpaired) electrons. The number of piperidine rings is 1. The molecule has 1 aromatic carbocycles. The van der Waals surface area contributed by atoms with Crippen LogP contribution in [-0.4, -0.2) is 22.6 Å². The number of fused-ring (bicyclic) bond motifs is 1. The van der Waals surface area contributed by atoms with Gasteiger partial charge in [0, 0.05) is 10.5 Å². The van der Waals surface area contributed by atoms with Gasteiger partial charge in [0.05, 0.1) is 17.4 Å². The van der Waals surface area contributed by atoms with E-state index in [1.807, 2.05) is 12.4 Å². The standard InChI is InChI=1S/C12H14BrN3/c13-9-1-2-11-12(7-9)16(8-15-11)10-3-5-14-6-4-10/h1-2,7-8,10,14H,3-6H2. The summed E-state index contributed by atoms with van der Waals surface area (Å²) in [5, 5.41) is 3.39. The number of rotatable bonds is 1. The molecule has 0 amide bonds. The number of aromatic nitrogens is 2. The van der Waals surface area contributed by atoms with Gasteiger partial charge in [0.25, 0.3) is 0 Å². The normalized spacial score (nSPS) is 18.1. The predicted molar refractivity (Wildman–Crippen MR) is 68.6 cm³/mol. The van der Waals surface area contributed by atoms with E-state index >= 15 is 0 Å². The second-order valence-electron chi connectivity index (χ2n) is 4.27. The lowest BCUT2D eigenvalue weighted by Gasteiger charge is -2.24. The fourth-order valence-corrected chi connectivity index (χ4v) is 2.72. The van der Waals surface area contributed by atoms with Crippen LogP contribution in [0.25, 0.3) is 11.0 Å². The van der Waals surface area contributed by atoms with Crippen LogP contribution in [0.3, 0.4) is 0 Å². The Morgan fingerprint density at radius 1 is 1.31 bits per heavy atom. The zero-order valence-electron chi connectivity index (χ0n) is 8.99. The van der Waals surface area contributed by atoms with Gasteiger partial charge < -0.3 is 9.88 Å². The lowest BCUT2D eigenvalue weighted by molar-refractivity contribution is 0.374. The van der Waals surface area contributed by atoms with E-state index in [1.165, 1.54) is 18.4 Å². The Labute approximate surface area is 103 Å². The number of imidazole rings is 1. The summed E-state index contributed by atoms with van der Waals surface area (Å²) >= 11 is 3.52. The molecule has 0 aliphatic carbocycles. The molecule has 2 aromatic rings. The molecule has 1 N–H and O–H groups in total. The molecule has 16 heavy (non-hydrogen) atoms. The van der Waals surface area contributed by atoms with Crippen LogP contribution in [0.4, 0.5) is 0 Å². The van der Waals surface area contributed by atoms with Crippen molar-refractivity contribution < 1.29 is 0 Å². The second kappa shape index (κ2) is 4.18. The Kier molecular flexibility index (Phi) is 2.69. The van der Waals surface area contributed by atoms with Crippen LogP contribution >= 0.6 is 15.9 Å². The van der Waals surface area contributed by atoms with E-state index in [9.17, 15) is 0 Å². The first-order chi connectivity index (χ1) is 7.84. The van der Waals surface area contributed by atoms with Gasteiger partial charge in [0.2, 0.25) is 0 Å². The largest absolute Gasteiger partial charge is 0.327 e. The smallest absolute Gasteiger partial charge is 0.0960 e. The molecule has 3 nitrogen and oxygen atoms in total. The van der Waals surface area contributed by atoms with Crippen molar-refractivity contribution in [3.63, 3.8) is 0 Å². The van der Waals surface area contributed by atoms with Gasteiger partial charge in [0.1, 0.15) is 0 Å². The molecule has 0 spiro atoms. The van der Waals surface area contributed by atoms with Crippen LogP contribution in [0.2, 0.25) is 0 Å². The van der Waals surface area contributed by atoms with Crippen molar-refractivity contribution in [3.8, 4) is 0 Å². The third kappa shape index (κ3) is 1.76. The van der Waals surface area contributed by atoms with Crippen molar-refractivity contribution in [3.05, 3.63) is 29.0 Å². The van der Waals surface area contributed by atoms with Gasteiger partial charge in [-0.3, -0.25) is 0 Å². The molecular formula is C12H14BrN3. The molecule has 0 saturated carbocycles. The minimum absolute atomic E-state index is 0.598. The van der Waals surface area contributed by atoms with E-state index in [2.05, 4.69) is 42.9 Å². The maximum absolute atomic E-state index is 4.46. The molecule has 84 valence electrons. The minimum atomic E-state index is 0.598. The molecule has 1 aromatic heterocycles. The zero-order valence-corrected chi connectivity index (χ0v) is 10.6. The maximum atomic E-state index is 4.46. The monoisotopic (exact) mass is 279 g/mol. The number of nitrogens with one attached hydrogen (secondary N) is 1. The average molecular weight is 280 g/mol. The van der Waals surface area contributed by atoms with Crippen LogP contribution in [0.5, 0.6) is 0 Å². The van der Waals surface area contributed by atoms with Gasteiger partial charge in [-0.25, -0.2) is 4.98 Å². The fourth-order valence-electron chi connectivity index (χ4n) is 2.37. The van der Waals surface area contributed by atoms with Crippen LogP contribution in [-0.2, 0) is 0 Å². The van der Waals surface area contributed by atoms with E-state index in [4.69, 9.17) is 0 Å². The lowest BCUT2D eigenvalue weighted by Crippen LogP contribution is -2.29. The predicted octanol–water partition coefficient (Wildman–Crippen LogP) is 2.72. The first kappa shape index (κ1) is 10.3. The van der Waals surface area contributed by atoms with Crippen LogP contribution in [0.15, 0.2) is 29.0 Å². The highest BCUT2D eigenvalue weighted by atomic mass is 79.9. The number of hydrogen-bond donors (Lipinski definition) is 1. The highest BCUT2D eigenvalue weighted by molar-refractivity contribution is 9.10. The summed E-state index contributed by atoms with van der Waals surface area (Å²) in [4.78, 5) is 4.46. The van der Waals surface area contributed by atoms with Crippen molar-refractivity contribution in [1.82, 2.24) is 14.9 Å². The highest BCUT2D eigenvalue weighted by Crippen LogP contribution is 2.26. The van der Waals surface area contributed by atoms with Gasteiger partial charge in [-0.1, -0.05) is 15.9 Å². The van der Waals surface area contributed by atoms with E-state index in [-0.39, 0.29) is 0 Å². The van der Waals surface area contributed by atoms with Crippen molar-refractivity contribution in [2.75, 3.05) is 13.1 Å².